The summed E-state index contributed by atoms with van der Waals surface area (Å²) in [6.07, 6.45) is 19.0. The van der Waals surface area contributed by atoms with Crippen LogP contribution in [0.2, 0.25) is 0 Å². The van der Waals surface area contributed by atoms with Crippen molar-refractivity contribution >= 4 is 23.2 Å². The van der Waals surface area contributed by atoms with Crippen LogP contribution in [0.25, 0.3) is 0 Å². The van der Waals surface area contributed by atoms with Gasteiger partial charge in [-0.3, -0.25) is 0 Å². The highest BCUT2D eigenvalue weighted by atomic mass is 79.9. The zero-order chi connectivity index (χ0) is 36.0. The predicted octanol–water partition coefficient (Wildman–Crippen LogP) is 8.81. The van der Waals surface area contributed by atoms with Crippen molar-refractivity contribution in [2.24, 2.45) is 5.92 Å². The molecule has 1 unspecified atom stereocenters. The van der Waals surface area contributed by atoms with Crippen LogP contribution in [0.1, 0.15) is 76.3 Å². The van der Waals surface area contributed by atoms with Crippen LogP contribution in [0.15, 0.2) is 152 Å². The van der Waals surface area contributed by atoms with Gasteiger partial charge in [-0.25, -0.2) is 0 Å². The van der Waals surface area contributed by atoms with Crippen LogP contribution in [0.4, 0.5) is 0 Å². The van der Waals surface area contributed by atoms with Crippen LogP contribution in [-0.2, 0) is 12.8 Å². The Hall–Kier alpha value is -3.65. The van der Waals surface area contributed by atoms with Gasteiger partial charge in [-0.1, -0.05) is 150 Å². The molecule has 0 bridgehead atoms. The van der Waals surface area contributed by atoms with Gasteiger partial charge in [-0.05, 0) is 90.6 Å². The van der Waals surface area contributed by atoms with Crippen molar-refractivity contribution in [2.45, 2.75) is 78.1 Å². The van der Waals surface area contributed by atoms with E-state index in [1.807, 2.05) is 12.1 Å². The van der Waals surface area contributed by atoms with E-state index in [1.165, 1.54) is 78.4 Å². The van der Waals surface area contributed by atoms with E-state index in [-0.39, 0.29) is 17.0 Å². The monoisotopic (exact) mass is 778 g/mol. The molecule has 0 spiro atoms. The molecule has 0 saturated heterocycles. The van der Waals surface area contributed by atoms with Crippen molar-refractivity contribution in [2.75, 3.05) is 20.4 Å². The van der Waals surface area contributed by atoms with Crippen molar-refractivity contribution in [3.8, 4) is 11.5 Å². The SMILES string of the molecule is CCCCCCCCCC(C)C=CCc1ccc(OC)cc1.COc1ccc(CC[P+](c2ccccc2)(c2ccccc2)c2ccccc2)cc1.[Br-]. The van der Waals surface area contributed by atoms with Gasteiger partial charge >= 0.3 is 0 Å². The quantitative estimate of drug-likeness (QED) is 0.0474. The molecule has 0 aliphatic heterocycles. The first-order valence-corrected chi connectivity index (χ1v) is 21.0. The summed E-state index contributed by atoms with van der Waals surface area (Å²) >= 11 is 0. The van der Waals surface area contributed by atoms with E-state index in [9.17, 15) is 0 Å². The molecule has 1 atom stereocenters. The van der Waals surface area contributed by atoms with E-state index in [0.717, 1.165) is 30.5 Å². The molecule has 0 aliphatic rings. The summed E-state index contributed by atoms with van der Waals surface area (Å²) in [4.78, 5) is 0. The zero-order valence-corrected chi connectivity index (χ0v) is 34.4. The van der Waals surface area contributed by atoms with Crippen LogP contribution in [-0.4, -0.2) is 20.4 Å². The third-order valence-corrected chi connectivity index (χ3v) is 14.2. The predicted molar refractivity (Wildman–Crippen MR) is 224 cm³/mol. The molecule has 5 aromatic rings. The Morgan fingerprint density at radius 2 is 0.962 bits per heavy atom. The van der Waals surface area contributed by atoms with Crippen molar-refractivity contribution in [1.82, 2.24) is 0 Å². The normalized spacial score (nSPS) is 11.6. The van der Waals surface area contributed by atoms with E-state index in [4.69, 9.17) is 9.47 Å². The highest BCUT2D eigenvalue weighted by Crippen LogP contribution is 2.55. The van der Waals surface area contributed by atoms with Crippen molar-refractivity contribution in [1.29, 1.82) is 0 Å². The molecule has 52 heavy (non-hydrogen) atoms. The second kappa shape index (κ2) is 24.6. The lowest BCUT2D eigenvalue weighted by Gasteiger charge is -2.27. The summed E-state index contributed by atoms with van der Waals surface area (Å²) in [5, 5.41) is 4.31. The van der Waals surface area contributed by atoms with E-state index in [2.05, 4.69) is 153 Å². The molecule has 0 heterocycles. The van der Waals surface area contributed by atoms with E-state index in [1.54, 1.807) is 14.2 Å². The molecule has 276 valence electrons. The maximum Gasteiger partial charge on any atom is 0.118 e. The molecule has 5 rings (SSSR count). The Morgan fingerprint density at radius 3 is 1.40 bits per heavy atom. The zero-order valence-electron chi connectivity index (χ0n) is 31.9. The second-order valence-electron chi connectivity index (χ2n) is 13.5. The number of halogens is 1. The van der Waals surface area contributed by atoms with E-state index in [0.29, 0.717) is 5.92 Å². The first-order valence-electron chi connectivity index (χ1n) is 19.1. The number of allylic oxidation sites excluding steroid dienone is 2. The number of ether oxygens (including phenoxy) is 2. The van der Waals surface area contributed by atoms with Crippen molar-refractivity contribution in [3.63, 3.8) is 0 Å². The number of aryl methyl sites for hydroxylation is 1. The number of hydrogen-bond donors (Lipinski definition) is 0. The van der Waals surface area contributed by atoms with Crippen molar-refractivity contribution < 1.29 is 26.5 Å². The first kappa shape index (κ1) is 42.8. The topological polar surface area (TPSA) is 18.5 Å². The highest BCUT2D eigenvalue weighted by molar-refractivity contribution is 7.95. The smallest absolute Gasteiger partial charge is 0.118 e. The Bertz CT molecular complexity index is 1540. The molecule has 4 heteroatoms. The molecular weight excluding hydrogens is 719 g/mol. The minimum absolute atomic E-state index is 0. The molecule has 2 nitrogen and oxygen atoms in total. The van der Waals surface area contributed by atoms with Gasteiger partial charge in [0.2, 0.25) is 0 Å². The molecule has 0 radical (unpaired) electrons. The fourth-order valence-electron chi connectivity index (χ4n) is 6.69. The lowest BCUT2D eigenvalue weighted by molar-refractivity contribution is -0.0000110. The molecule has 0 N–H and O–H groups in total. The van der Waals surface area contributed by atoms with Gasteiger partial charge in [0, 0.05) is 6.42 Å². The molecule has 0 saturated carbocycles. The third kappa shape index (κ3) is 13.7. The van der Waals surface area contributed by atoms with Gasteiger partial charge in [0.05, 0.1) is 20.4 Å². The van der Waals surface area contributed by atoms with Gasteiger partial charge in [0.25, 0.3) is 0 Å². The van der Waals surface area contributed by atoms with Crippen LogP contribution >= 0.6 is 7.26 Å². The van der Waals surface area contributed by atoms with E-state index >= 15 is 0 Å². The molecule has 0 aromatic heterocycles. The van der Waals surface area contributed by atoms with Crippen LogP contribution in [0, 0.1) is 5.92 Å². The number of benzene rings is 5. The summed E-state index contributed by atoms with van der Waals surface area (Å²) in [7, 11) is 1.65. The summed E-state index contributed by atoms with van der Waals surface area (Å²) in [5.41, 5.74) is 2.69. The maximum absolute atomic E-state index is 5.33. The van der Waals surface area contributed by atoms with E-state index < -0.39 is 7.26 Å². The second-order valence-corrected chi connectivity index (χ2v) is 17.1. The minimum atomic E-state index is -1.77. The Labute approximate surface area is 326 Å². The lowest BCUT2D eigenvalue weighted by Crippen LogP contribution is -3.00. The number of methoxy groups -OCH3 is 2. The fourth-order valence-corrected chi connectivity index (χ4v) is 11.0. The van der Waals surface area contributed by atoms with Gasteiger partial charge < -0.3 is 26.5 Å². The fraction of sp³-hybridized carbons (Fsp3) is 0.333. The number of rotatable bonds is 19. The summed E-state index contributed by atoms with van der Waals surface area (Å²) in [6, 6.07) is 50.0. The molecule has 5 aromatic carbocycles. The minimum Gasteiger partial charge on any atom is -1.00 e. The number of unbranched alkanes of at least 4 members (excludes halogenated alkanes) is 6. The Balaban J connectivity index is 0.000000287. The molecule has 0 aliphatic carbocycles. The summed E-state index contributed by atoms with van der Waals surface area (Å²) in [5.74, 6) is 2.54. The van der Waals surface area contributed by atoms with Gasteiger partial charge in [-0.15, -0.1) is 0 Å². The first-order chi connectivity index (χ1) is 25.1. The highest BCUT2D eigenvalue weighted by Gasteiger charge is 2.44. The molecular formula is C48H60BrO2P. The van der Waals surface area contributed by atoms with Crippen LogP contribution in [0.3, 0.4) is 0 Å². The summed E-state index contributed by atoms with van der Waals surface area (Å²) in [6.45, 7) is 4.61. The Kier molecular flexibility index (Phi) is 20.2. The molecule has 0 fully saturated rings. The third-order valence-electron chi connectivity index (χ3n) is 9.73. The van der Waals surface area contributed by atoms with Crippen LogP contribution < -0.4 is 42.4 Å². The lowest BCUT2D eigenvalue weighted by atomic mass is 10.0. The van der Waals surface area contributed by atoms with Gasteiger partial charge in [0.1, 0.15) is 34.7 Å². The average molecular weight is 780 g/mol. The van der Waals surface area contributed by atoms with Crippen molar-refractivity contribution in [3.05, 3.63) is 163 Å². The van der Waals surface area contributed by atoms with Crippen LogP contribution in [0.5, 0.6) is 11.5 Å². The largest absolute Gasteiger partial charge is 1.00 e. The number of hydrogen-bond acceptors (Lipinski definition) is 2. The standard InChI is InChI=1S/C27H26OP.C21H34O.BrH/c1-28-24-19-17-23(18-20-24)21-22-29(25-11-5-2-6-12-25,26-13-7-3-8-14-26)27-15-9-4-10-16-27;1-4-5-6-7-8-9-10-12-19(2)13-11-14-20-15-17-21(22-3)18-16-20;/h2-20H,21-22H2,1H3;11,13,15-19H,4-10,12,14H2,1-3H3;1H/q+1;;/p-1. The maximum atomic E-state index is 5.33. The van der Waals surface area contributed by atoms with Gasteiger partial charge in [0.15, 0.2) is 0 Å². The van der Waals surface area contributed by atoms with Gasteiger partial charge in [-0.2, -0.15) is 0 Å². The Morgan fingerprint density at radius 1 is 0.538 bits per heavy atom. The molecule has 0 amide bonds. The summed E-state index contributed by atoms with van der Waals surface area (Å²) < 4.78 is 10.5. The average Bonchev–Trinajstić information content (AvgIpc) is 3.20.